The molecular formula is C12H9O2P. The molecule has 2 aliphatic rings. The van der Waals surface area contributed by atoms with Gasteiger partial charge in [-0.3, -0.25) is 4.52 Å². The van der Waals surface area contributed by atoms with Crippen LogP contribution in [0.25, 0.3) is 5.57 Å². The quantitative estimate of drug-likeness (QED) is 0.623. The van der Waals surface area contributed by atoms with Crippen molar-refractivity contribution in [1.82, 2.24) is 0 Å². The van der Waals surface area contributed by atoms with E-state index in [0.717, 1.165) is 28.6 Å². The number of benzene rings is 1. The van der Waals surface area contributed by atoms with Gasteiger partial charge in [0.15, 0.2) is 11.0 Å². The summed E-state index contributed by atoms with van der Waals surface area (Å²) in [7, 11) is -1.69. The lowest BCUT2D eigenvalue weighted by molar-refractivity contribution is -0.165. The summed E-state index contributed by atoms with van der Waals surface area (Å²) in [6.45, 7) is 0. The molecule has 1 heterocycles. The number of para-hydroxylation sites is 1. The van der Waals surface area contributed by atoms with Crippen molar-refractivity contribution < 1.29 is 9.42 Å². The second kappa shape index (κ2) is 3.34. The highest BCUT2D eigenvalue weighted by atomic mass is 31.1. The van der Waals surface area contributed by atoms with E-state index in [1.54, 1.807) is 0 Å². The van der Waals surface area contributed by atoms with Gasteiger partial charge < -0.3 is 4.89 Å². The van der Waals surface area contributed by atoms with E-state index in [9.17, 15) is 4.89 Å². The number of rotatable bonds is 0. The smallest absolute Gasteiger partial charge is 0.281 e. The number of hydrogen-bond donors (Lipinski definition) is 0. The molecule has 1 aromatic carbocycles. The van der Waals surface area contributed by atoms with Crippen molar-refractivity contribution in [3.8, 4) is 5.75 Å². The minimum Gasteiger partial charge on any atom is -0.595 e. The topological polar surface area (TPSA) is 32.3 Å². The summed E-state index contributed by atoms with van der Waals surface area (Å²) < 4.78 is 5.40. The Labute approximate surface area is 89.1 Å². The van der Waals surface area contributed by atoms with E-state index in [-0.39, 0.29) is 0 Å². The van der Waals surface area contributed by atoms with Gasteiger partial charge in [0, 0.05) is 17.6 Å². The van der Waals surface area contributed by atoms with E-state index < -0.39 is 8.00 Å². The van der Waals surface area contributed by atoms with E-state index in [4.69, 9.17) is 4.52 Å². The molecule has 0 amide bonds. The molecule has 3 rings (SSSR count). The van der Waals surface area contributed by atoms with Gasteiger partial charge in [-0.1, -0.05) is 36.4 Å². The summed E-state index contributed by atoms with van der Waals surface area (Å²) in [4.78, 5) is 11.8. The predicted molar refractivity (Wildman–Crippen MR) is 60.7 cm³/mol. The van der Waals surface area contributed by atoms with Crippen molar-refractivity contribution in [2.45, 2.75) is 6.42 Å². The van der Waals surface area contributed by atoms with E-state index in [0.29, 0.717) is 0 Å². The van der Waals surface area contributed by atoms with Crippen LogP contribution in [0.15, 0.2) is 42.5 Å². The molecule has 0 radical (unpaired) electrons. The van der Waals surface area contributed by atoms with Crippen LogP contribution >= 0.6 is 8.00 Å². The molecule has 0 aromatic heterocycles. The molecule has 0 N–H and O–H groups in total. The minimum absolute atomic E-state index is 0.726. The summed E-state index contributed by atoms with van der Waals surface area (Å²) in [5.74, 6) is 0.726. The third kappa shape index (κ3) is 1.34. The fraction of sp³-hybridized carbons (Fsp3) is 0.0833. The first-order valence-corrected chi connectivity index (χ1v) is 6.01. The Morgan fingerprint density at radius 2 is 2.13 bits per heavy atom. The zero-order valence-electron chi connectivity index (χ0n) is 8.01. The normalized spacial score (nSPS) is 20.2. The van der Waals surface area contributed by atoms with Gasteiger partial charge in [0.1, 0.15) is 0 Å². The first-order chi connectivity index (χ1) is 7.36. The maximum absolute atomic E-state index is 11.8. The van der Waals surface area contributed by atoms with Gasteiger partial charge in [-0.25, -0.2) is 0 Å². The second-order valence-corrected chi connectivity index (χ2v) is 4.74. The van der Waals surface area contributed by atoms with Gasteiger partial charge >= 0.3 is 0 Å². The molecule has 0 fully saturated rings. The molecule has 3 heteroatoms. The molecule has 15 heavy (non-hydrogen) atoms. The number of fused-ring (bicyclic) bond motifs is 3. The highest BCUT2D eigenvalue weighted by molar-refractivity contribution is 7.49. The second-order valence-electron chi connectivity index (χ2n) is 3.50. The Morgan fingerprint density at radius 3 is 3.07 bits per heavy atom. The SMILES string of the molecule is [O-][P+]1=C2CC=CC=C2c2ccccc2O1. The lowest BCUT2D eigenvalue weighted by atomic mass is 9.96. The molecule has 1 aliphatic heterocycles. The van der Waals surface area contributed by atoms with Crippen LogP contribution in [0.2, 0.25) is 0 Å². The van der Waals surface area contributed by atoms with Gasteiger partial charge in [-0.2, -0.15) is 0 Å². The number of hydrogen-bond acceptors (Lipinski definition) is 2. The highest BCUT2D eigenvalue weighted by Gasteiger charge is 2.28. The van der Waals surface area contributed by atoms with Crippen molar-refractivity contribution in [1.29, 1.82) is 0 Å². The molecule has 2 nitrogen and oxygen atoms in total. The maximum atomic E-state index is 11.8. The van der Waals surface area contributed by atoms with E-state index >= 15 is 0 Å². The third-order valence-electron chi connectivity index (χ3n) is 2.60. The monoisotopic (exact) mass is 216 g/mol. The zero-order valence-corrected chi connectivity index (χ0v) is 8.91. The van der Waals surface area contributed by atoms with Crippen LogP contribution in [0.5, 0.6) is 5.75 Å². The molecule has 1 atom stereocenters. The van der Waals surface area contributed by atoms with E-state index in [1.807, 2.05) is 42.5 Å². The largest absolute Gasteiger partial charge is 0.595 e. The summed E-state index contributed by atoms with van der Waals surface area (Å²) >= 11 is 0. The number of allylic oxidation sites excluding steroid dienone is 4. The third-order valence-corrected chi connectivity index (χ3v) is 3.83. The lowest BCUT2D eigenvalue weighted by Gasteiger charge is -2.18. The van der Waals surface area contributed by atoms with Crippen molar-refractivity contribution in [2.24, 2.45) is 0 Å². The van der Waals surface area contributed by atoms with Gasteiger partial charge in [0.2, 0.25) is 0 Å². The Hall–Kier alpha value is -1.37. The molecular weight excluding hydrogens is 207 g/mol. The van der Waals surface area contributed by atoms with Crippen LogP contribution in [0.1, 0.15) is 12.0 Å². The first-order valence-electron chi connectivity index (χ1n) is 4.84. The van der Waals surface area contributed by atoms with E-state index in [1.165, 1.54) is 0 Å². The summed E-state index contributed by atoms with van der Waals surface area (Å²) in [6, 6.07) is 7.73. The molecule has 0 saturated carbocycles. The van der Waals surface area contributed by atoms with Crippen molar-refractivity contribution >= 4 is 18.9 Å². The molecule has 0 bridgehead atoms. The van der Waals surface area contributed by atoms with E-state index in [2.05, 4.69) is 0 Å². The standard InChI is InChI=1S/C12H9O2P/c13-15-12-8-4-2-6-10(12)9-5-1-3-7-11(9)14-15/h1-7H,8H2. The Morgan fingerprint density at radius 1 is 1.27 bits per heavy atom. The molecule has 74 valence electrons. The average Bonchev–Trinajstić information content (AvgIpc) is 2.30. The molecule has 1 unspecified atom stereocenters. The van der Waals surface area contributed by atoms with Crippen LogP contribution in [-0.2, 0) is 0 Å². The van der Waals surface area contributed by atoms with Crippen molar-refractivity contribution in [2.75, 3.05) is 0 Å². The van der Waals surface area contributed by atoms with Gasteiger partial charge in [-0.05, 0) is 6.07 Å². The molecule has 0 spiro atoms. The van der Waals surface area contributed by atoms with Crippen LogP contribution in [0, 0.1) is 0 Å². The maximum Gasteiger partial charge on any atom is 0.281 e. The molecule has 0 saturated heterocycles. The summed E-state index contributed by atoms with van der Waals surface area (Å²) in [6.07, 6.45) is 6.75. The van der Waals surface area contributed by atoms with Crippen molar-refractivity contribution in [3.63, 3.8) is 0 Å². The lowest BCUT2D eigenvalue weighted by Crippen LogP contribution is -2.15. The van der Waals surface area contributed by atoms with Crippen LogP contribution in [0.3, 0.4) is 0 Å². The minimum atomic E-state index is -1.69. The fourth-order valence-electron chi connectivity index (χ4n) is 1.88. The van der Waals surface area contributed by atoms with Crippen LogP contribution in [-0.4, -0.2) is 5.29 Å². The Kier molecular flexibility index (Phi) is 1.98. The Balaban J connectivity index is 2.25. The van der Waals surface area contributed by atoms with Gasteiger partial charge in [0.05, 0.1) is 0 Å². The molecule has 1 aromatic rings. The van der Waals surface area contributed by atoms with Gasteiger partial charge in [0.25, 0.3) is 8.00 Å². The fourth-order valence-corrected chi connectivity index (χ4v) is 2.98. The first kappa shape index (κ1) is 8.90. The summed E-state index contributed by atoms with van der Waals surface area (Å²) in [5.41, 5.74) is 2.12. The Bertz CT molecular complexity index is 512. The van der Waals surface area contributed by atoms with Gasteiger partial charge in [-0.15, -0.1) is 0 Å². The predicted octanol–water partition coefficient (Wildman–Crippen LogP) is 2.27. The average molecular weight is 216 g/mol. The van der Waals surface area contributed by atoms with Crippen molar-refractivity contribution in [3.05, 3.63) is 48.1 Å². The summed E-state index contributed by atoms with van der Waals surface area (Å²) in [5, 5.41) is 0.909. The van der Waals surface area contributed by atoms with Crippen LogP contribution in [0.4, 0.5) is 0 Å². The van der Waals surface area contributed by atoms with Crippen LogP contribution < -0.4 is 9.42 Å². The molecule has 1 aliphatic carbocycles. The highest BCUT2D eigenvalue weighted by Crippen LogP contribution is 2.41. The zero-order chi connectivity index (χ0) is 10.3.